The Balaban J connectivity index is 1.41. The molecule has 2 N–H and O–H groups in total. The number of ether oxygens (including phenoxy) is 3. The van der Waals surface area contributed by atoms with Crippen LogP contribution in [0.4, 0.5) is 0 Å². The van der Waals surface area contributed by atoms with Gasteiger partial charge >= 0.3 is 0 Å². The van der Waals surface area contributed by atoms with E-state index in [-0.39, 0.29) is 29.7 Å². The second-order valence-corrected chi connectivity index (χ2v) is 9.19. The maximum atomic E-state index is 12.8. The lowest BCUT2D eigenvalue weighted by atomic mass is 10.1. The number of hydrogen-bond acceptors (Lipinski definition) is 6. The highest BCUT2D eigenvalue weighted by atomic mass is 32.2. The molecule has 0 unspecified atom stereocenters. The number of sulfonamides is 1. The predicted octanol–water partition coefficient (Wildman–Crippen LogP) is 2.97. The van der Waals surface area contributed by atoms with Crippen LogP contribution in [-0.4, -0.2) is 28.2 Å². The number of carbonyl (C=O) groups is 1. The van der Waals surface area contributed by atoms with Crippen molar-refractivity contribution in [3.05, 3.63) is 89.0 Å². The number of nitrogens with one attached hydrogen (secondary N) is 2. The van der Waals surface area contributed by atoms with E-state index in [1.54, 1.807) is 37.4 Å². The van der Waals surface area contributed by atoms with Crippen LogP contribution in [0.5, 0.6) is 11.5 Å². The van der Waals surface area contributed by atoms with Gasteiger partial charge in [-0.25, -0.2) is 13.1 Å². The molecule has 0 saturated carbocycles. The Morgan fingerprint density at radius 2 is 1.73 bits per heavy atom. The van der Waals surface area contributed by atoms with Gasteiger partial charge in [-0.3, -0.25) is 4.79 Å². The Labute approximate surface area is 192 Å². The molecule has 0 saturated heterocycles. The molecule has 4 rings (SSSR count). The van der Waals surface area contributed by atoms with Crippen LogP contribution < -0.4 is 19.5 Å². The normalized spacial score (nSPS) is 12.5. The Morgan fingerprint density at radius 3 is 2.55 bits per heavy atom. The van der Waals surface area contributed by atoms with E-state index < -0.39 is 10.0 Å². The summed E-state index contributed by atoms with van der Waals surface area (Å²) in [5, 5.41) is 2.84. The summed E-state index contributed by atoms with van der Waals surface area (Å²) in [4.78, 5) is 12.7. The molecule has 8 nitrogen and oxygen atoms in total. The average Bonchev–Trinajstić information content (AvgIpc) is 3.30. The van der Waals surface area contributed by atoms with Gasteiger partial charge in [0, 0.05) is 25.8 Å². The van der Waals surface area contributed by atoms with E-state index in [0.717, 1.165) is 16.7 Å². The molecule has 172 valence electrons. The fourth-order valence-electron chi connectivity index (χ4n) is 3.42. The zero-order valence-electron chi connectivity index (χ0n) is 18.0. The molecule has 3 aromatic rings. The largest absolute Gasteiger partial charge is 0.454 e. The Kier molecular flexibility index (Phi) is 6.93. The van der Waals surface area contributed by atoms with Crippen molar-refractivity contribution < 1.29 is 27.4 Å². The standard InChI is InChI=1S/C24H24N2O6S/c1-30-15-20-6-3-2-5-19(20)14-25-24(27)18-7-4-8-21(12-18)33(28,29)26-13-17-9-10-22-23(11-17)32-16-31-22/h2-12,26H,13-16H2,1H3,(H,25,27). The molecular weight excluding hydrogens is 444 g/mol. The van der Waals surface area contributed by atoms with Crippen LogP contribution in [0.3, 0.4) is 0 Å². The first-order chi connectivity index (χ1) is 16.0. The fraction of sp³-hybridized carbons (Fsp3) is 0.208. The van der Waals surface area contributed by atoms with Crippen molar-refractivity contribution in [1.82, 2.24) is 10.0 Å². The van der Waals surface area contributed by atoms with E-state index in [0.29, 0.717) is 24.7 Å². The first-order valence-corrected chi connectivity index (χ1v) is 11.8. The van der Waals surface area contributed by atoms with Crippen LogP contribution in [0, 0.1) is 0 Å². The van der Waals surface area contributed by atoms with Gasteiger partial charge in [0.1, 0.15) is 0 Å². The molecule has 0 spiro atoms. The molecule has 0 bridgehead atoms. The van der Waals surface area contributed by atoms with E-state index >= 15 is 0 Å². The Hall–Kier alpha value is -3.40. The first kappa shape index (κ1) is 22.8. The van der Waals surface area contributed by atoms with Crippen LogP contribution in [0.2, 0.25) is 0 Å². The first-order valence-electron chi connectivity index (χ1n) is 10.3. The fourth-order valence-corrected chi connectivity index (χ4v) is 4.48. The van der Waals surface area contributed by atoms with E-state index in [9.17, 15) is 13.2 Å². The zero-order valence-corrected chi connectivity index (χ0v) is 18.9. The van der Waals surface area contributed by atoms with Gasteiger partial charge in [-0.05, 0) is 47.0 Å². The van der Waals surface area contributed by atoms with Crippen molar-refractivity contribution in [2.24, 2.45) is 0 Å². The van der Waals surface area contributed by atoms with Crippen LogP contribution in [-0.2, 0) is 34.5 Å². The summed E-state index contributed by atoms with van der Waals surface area (Å²) in [5.74, 6) is 0.845. The minimum absolute atomic E-state index is 0.00989. The van der Waals surface area contributed by atoms with Crippen molar-refractivity contribution in [2.75, 3.05) is 13.9 Å². The van der Waals surface area contributed by atoms with Crippen molar-refractivity contribution in [3.63, 3.8) is 0 Å². The molecular formula is C24H24N2O6S. The SMILES string of the molecule is COCc1ccccc1CNC(=O)c1cccc(S(=O)(=O)NCc2ccc3c(c2)OCO3)c1. The molecule has 0 fully saturated rings. The molecule has 1 heterocycles. The van der Waals surface area contributed by atoms with Gasteiger partial charge < -0.3 is 19.5 Å². The third-order valence-corrected chi connectivity index (χ3v) is 6.57. The molecule has 1 amide bonds. The minimum Gasteiger partial charge on any atom is -0.454 e. The lowest BCUT2D eigenvalue weighted by Gasteiger charge is -2.11. The van der Waals surface area contributed by atoms with Gasteiger partial charge in [0.05, 0.1) is 11.5 Å². The van der Waals surface area contributed by atoms with Crippen LogP contribution >= 0.6 is 0 Å². The van der Waals surface area contributed by atoms with Gasteiger partial charge in [-0.15, -0.1) is 0 Å². The maximum Gasteiger partial charge on any atom is 0.251 e. The van der Waals surface area contributed by atoms with Crippen LogP contribution in [0.15, 0.2) is 71.6 Å². The van der Waals surface area contributed by atoms with Crippen molar-refractivity contribution in [1.29, 1.82) is 0 Å². The summed E-state index contributed by atoms with van der Waals surface area (Å²) < 4.78 is 43.9. The molecule has 1 aliphatic rings. The van der Waals surface area contributed by atoms with E-state index in [1.165, 1.54) is 12.1 Å². The van der Waals surface area contributed by atoms with E-state index in [4.69, 9.17) is 14.2 Å². The highest BCUT2D eigenvalue weighted by molar-refractivity contribution is 7.89. The number of rotatable bonds is 9. The van der Waals surface area contributed by atoms with Gasteiger partial charge in [-0.2, -0.15) is 0 Å². The van der Waals surface area contributed by atoms with Crippen LogP contribution in [0.1, 0.15) is 27.0 Å². The van der Waals surface area contributed by atoms with E-state index in [1.807, 2.05) is 24.3 Å². The molecule has 1 aliphatic heterocycles. The summed E-state index contributed by atoms with van der Waals surface area (Å²) in [6, 6.07) is 18.8. The monoisotopic (exact) mass is 468 g/mol. The molecule has 33 heavy (non-hydrogen) atoms. The summed E-state index contributed by atoms with van der Waals surface area (Å²) in [6.45, 7) is 0.968. The number of amides is 1. The number of hydrogen-bond donors (Lipinski definition) is 2. The van der Waals surface area contributed by atoms with Gasteiger partial charge in [-0.1, -0.05) is 36.4 Å². The average molecular weight is 469 g/mol. The minimum atomic E-state index is -3.83. The van der Waals surface area contributed by atoms with Crippen molar-refractivity contribution in [3.8, 4) is 11.5 Å². The second-order valence-electron chi connectivity index (χ2n) is 7.42. The zero-order chi connectivity index (χ0) is 23.3. The molecule has 0 aliphatic carbocycles. The number of carbonyl (C=O) groups excluding carboxylic acids is 1. The summed E-state index contributed by atoms with van der Waals surface area (Å²) in [5.41, 5.74) is 2.89. The molecule has 9 heteroatoms. The molecule has 0 atom stereocenters. The number of benzene rings is 3. The predicted molar refractivity (Wildman–Crippen MR) is 121 cm³/mol. The second kappa shape index (κ2) is 10.0. The third-order valence-electron chi connectivity index (χ3n) is 5.17. The van der Waals surface area contributed by atoms with Crippen molar-refractivity contribution >= 4 is 15.9 Å². The highest BCUT2D eigenvalue weighted by Crippen LogP contribution is 2.32. The summed E-state index contributed by atoms with van der Waals surface area (Å²) in [7, 11) is -2.22. The lowest BCUT2D eigenvalue weighted by molar-refractivity contribution is 0.0950. The maximum absolute atomic E-state index is 12.8. The topological polar surface area (TPSA) is 103 Å². The highest BCUT2D eigenvalue weighted by Gasteiger charge is 2.18. The van der Waals surface area contributed by atoms with Gasteiger partial charge in [0.2, 0.25) is 16.8 Å². The molecule has 3 aromatic carbocycles. The quantitative estimate of drug-likeness (QED) is 0.501. The molecule has 0 aromatic heterocycles. The number of fused-ring (bicyclic) bond motifs is 1. The Bertz CT molecular complexity index is 1260. The van der Waals surface area contributed by atoms with Gasteiger partial charge in [0.25, 0.3) is 5.91 Å². The van der Waals surface area contributed by atoms with E-state index in [2.05, 4.69) is 10.0 Å². The number of methoxy groups -OCH3 is 1. The summed E-state index contributed by atoms with van der Waals surface area (Å²) in [6.07, 6.45) is 0. The van der Waals surface area contributed by atoms with Gasteiger partial charge in [0.15, 0.2) is 11.5 Å². The van der Waals surface area contributed by atoms with Crippen LogP contribution in [0.25, 0.3) is 0 Å². The third kappa shape index (κ3) is 5.51. The summed E-state index contributed by atoms with van der Waals surface area (Å²) >= 11 is 0. The smallest absolute Gasteiger partial charge is 0.251 e. The molecule has 0 radical (unpaired) electrons. The lowest BCUT2D eigenvalue weighted by Crippen LogP contribution is -2.25. The Morgan fingerprint density at radius 1 is 0.939 bits per heavy atom. The van der Waals surface area contributed by atoms with Crippen molar-refractivity contribution in [2.45, 2.75) is 24.6 Å².